The van der Waals surface area contributed by atoms with E-state index in [1.165, 1.54) is 23.1 Å². The van der Waals surface area contributed by atoms with E-state index >= 15 is 0 Å². The molecule has 0 spiro atoms. The number of thiazole rings is 1. The highest BCUT2D eigenvalue weighted by molar-refractivity contribution is 7.99. The molecule has 216 valence electrons. The minimum absolute atomic E-state index is 0.178. The quantitative estimate of drug-likeness (QED) is 0.172. The van der Waals surface area contributed by atoms with Crippen molar-refractivity contribution in [2.45, 2.75) is 30.1 Å². The van der Waals surface area contributed by atoms with Gasteiger partial charge in [0.1, 0.15) is 11.5 Å². The molecule has 0 fully saturated rings. The second kappa shape index (κ2) is 12.6. The molecule has 2 aromatic carbocycles. The van der Waals surface area contributed by atoms with E-state index in [0.717, 1.165) is 11.1 Å². The molecule has 0 N–H and O–H groups in total. The zero-order chi connectivity index (χ0) is 29.8. The first kappa shape index (κ1) is 28.4. The fourth-order valence-electron chi connectivity index (χ4n) is 4.69. The first-order chi connectivity index (χ1) is 21.1. The SMILES string of the molecule is CCOC(=O)C1=C(c2ccccc2)N=c2s/c(=C\c3ccc(Sc4ncccn4)o3)c(=O)n2[C@@H]1c1ccc(OCC)cc1. The summed E-state index contributed by atoms with van der Waals surface area (Å²) in [5.41, 5.74) is 1.92. The lowest BCUT2D eigenvalue weighted by atomic mass is 9.93. The smallest absolute Gasteiger partial charge is 0.338 e. The summed E-state index contributed by atoms with van der Waals surface area (Å²) in [5.74, 6) is 0.652. The number of furan rings is 1. The molecule has 5 aromatic rings. The Morgan fingerprint density at radius 3 is 2.49 bits per heavy atom. The van der Waals surface area contributed by atoms with Gasteiger partial charge < -0.3 is 13.9 Å². The molecule has 1 atom stereocenters. The molecule has 0 radical (unpaired) electrons. The predicted octanol–water partition coefficient (Wildman–Crippen LogP) is 4.87. The third-order valence-corrected chi connectivity index (χ3v) is 8.29. The fraction of sp³-hybridized carbons (Fsp3) is 0.156. The maximum Gasteiger partial charge on any atom is 0.338 e. The number of rotatable bonds is 9. The molecule has 0 aliphatic carbocycles. The van der Waals surface area contributed by atoms with Crippen LogP contribution in [0, 0.1) is 0 Å². The van der Waals surface area contributed by atoms with Gasteiger partial charge in [0.2, 0.25) is 0 Å². The van der Waals surface area contributed by atoms with Crippen LogP contribution in [0.3, 0.4) is 0 Å². The minimum Gasteiger partial charge on any atom is -0.494 e. The van der Waals surface area contributed by atoms with Crippen LogP contribution in [0.2, 0.25) is 0 Å². The van der Waals surface area contributed by atoms with E-state index in [1.807, 2.05) is 61.5 Å². The second-order valence-corrected chi connectivity index (χ2v) is 11.2. The maximum absolute atomic E-state index is 14.1. The highest BCUT2D eigenvalue weighted by Crippen LogP contribution is 2.35. The van der Waals surface area contributed by atoms with Crippen LogP contribution < -0.4 is 19.6 Å². The molecule has 1 aliphatic heterocycles. The van der Waals surface area contributed by atoms with E-state index in [1.54, 1.807) is 48.2 Å². The number of benzene rings is 2. The van der Waals surface area contributed by atoms with E-state index in [2.05, 4.69) is 9.97 Å². The monoisotopic (exact) mass is 610 g/mol. The van der Waals surface area contributed by atoms with Gasteiger partial charge in [-0.15, -0.1) is 0 Å². The van der Waals surface area contributed by atoms with Gasteiger partial charge in [-0.25, -0.2) is 19.8 Å². The Kier molecular flexibility index (Phi) is 8.34. The molecule has 1 aliphatic rings. The van der Waals surface area contributed by atoms with Crippen LogP contribution >= 0.6 is 23.1 Å². The van der Waals surface area contributed by atoms with Crippen molar-refractivity contribution in [2.24, 2.45) is 4.99 Å². The van der Waals surface area contributed by atoms with Crippen LogP contribution in [0.1, 0.15) is 36.8 Å². The Bertz CT molecular complexity index is 1960. The number of fused-ring (bicyclic) bond motifs is 1. The zero-order valence-electron chi connectivity index (χ0n) is 23.3. The standard InChI is InChI=1S/C32H26N4O5S2/c1-3-39-22-13-11-21(12-14-22)28-26(30(38)40-4-2)27(20-9-6-5-7-10-20)35-32-36(28)29(37)24(42-32)19-23-15-16-25(41-23)43-31-33-17-8-18-34-31/h5-19,28H,3-4H2,1-2H3/b24-19-/t28-/m1/s1. The number of ether oxygens (including phenoxy) is 2. The first-order valence-electron chi connectivity index (χ1n) is 13.6. The third kappa shape index (κ3) is 5.95. The van der Waals surface area contributed by atoms with Gasteiger partial charge in [0.25, 0.3) is 5.56 Å². The number of carbonyl (C=O) groups excluding carboxylic acids is 1. The second-order valence-electron chi connectivity index (χ2n) is 9.22. The molecule has 4 heterocycles. The Morgan fingerprint density at radius 1 is 1.00 bits per heavy atom. The zero-order valence-corrected chi connectivity index (χ0v) is 24.9. The van der Waals surface area contributed by atoms with Gasteiger partial charge in [-0.2, -0.15) is 0 Å². The molecule has 9 nitrogen and oxygen atoms in total. The third-order valence-electron chi connectivity index (χ3n) is 6.49. The summed E-state index contributed by atoms with van der Waals surface area (Å²) < 4.78 is 19.1. The summed E-state index contributed by atoms with van der Waals surface area (Å²) in [4.78, 5) is 41.4. The van der Waals surface area contributed by atoms with Crippen molar-refractivity contribution in [1.82, 2.24) is 14.5 Å². The number of nitrogens with zero attached hydrogens (tertiary/aromatic N) is 4. The van der Waals surface area contributed by atoms with Gasteiger partial charge in [-0.3, -0.25) is 9.36 Å². The molecule has 3 aromatic heterocycles. The van der Waals surface area contributed by atoms with Crippen molar-refractivity contribution in [3.8, 4) is 5.75 Å². The average molecular weight is 611 g/mol. The molecule has 0 unspecified atom stereocenters. The number of hydrogen-bond donors (Lipinski definition) is 0. The summed E-state index contributed by atoms with van der Waals surface area (Å²) in [7, 11) is 0. The van der Waals surface area contributed by atoms with E-state index in [-0.39, 0.29) is 17.7 Å². The van der Waals surface area contributed by atoms with Crippen molar-refractivity contribution in [3.05, 3.63) is 127 Å². The summed E-state index contributed by atoms with van der Waals surface area (Å²) in [6, 6.07) is 21.4. The van der Waals surface area contributed by atoms with Crippen LogP contribution in [-0.2, 0) is 9.53 Å². The van der Waals surface area contributed by atoms with Crippen molar-refractivity contribution < 1.29 is 18.7 Å². The molecule has 0 saturated carbocycles. The largest absolute Gasteiger partial charge is 0.494 e. The highest BCUT2D eigenvalue weighted by Gasteiger charge is 2.35. The van der Waals surface area contributed by atoms with Crippen LogP contribution in [-0.4, -0.2) is 33.7 Å². The topological polar surface area (TPSA) is 109 Å². The van der Waals surface area contributed by atoms with Crippen molar-refractivity contribution in [3.63, 3.8) is 0 Å². The summed E-state index contributed by atoms with van der Waals surface area (Å²) >= 11 is 2.51. The summed E-state index contributed by atoms with van der Waals surface area (Å²) in [6.07, 6.45) is 5.01. The van der Waals surface area contributed by atoms with Crippen LogP contribution in [0.5, 0.6) is 5.75 Å². The summed E-state index contributed by atoms with van der Waals surface area (Å²) in [5, 5.41) is 1.14. The Labute approximate surface area is 254 Å². The molecule has 6 rings (SSSR count). The Hall–Kier alpha value is -4.74. The lowest BCUT2D eigenvalue weighted by Gasteiger charge is -2.26. The molecular formula is C32H26N4O5S2. The van der Waals surface area contributed by atoms with Crippen LogP contribution in [0.4, 0.5) is 0 Å². The minimum atomic E-state index is -0.777. The normalized spacial score (nSPS) is 14.7. The number of carbonyl (C=O) groups is 1. The van der Waals surface area contributed by atoms with Crippen molar-refractivity contribution in [2.75, 3.05) is 13.2 Å². The number of esters is 1. The van der Waals surface area contributed by atoms with Gasteiger partial charge in [-0.1, -0.05) is 53.8 Å². The van der Waals surface area contributed by atoms with Crippen LogP contribution in [0.15, 0.2) is 115 Å². The van der Waals surface area contributed by atoms with Crippen LogP contribution in [0.25, 0.3) is 11.8 Å². The van der Waals surface area contributed by atoms with Crippen molar-refractivity contribution >= 4 is 40.8 Å². The maximum atomic E-state index is 14.1. The van der Waals surface area contributed by atoms with Gasteiger partial charge >= 0.3 is 5.97 Å². The average Bonchev–Trinajstić information content (AvgIpc) is 3.60. The molecule has 43 heavy (non-hydrogen) atoms. The van der Waals surface area contributed by atoms with Crippen molar-refractivity contribution in [1.29, 1.82) is 0 Å². The molecular weight excluding hydrogens is 585 g/mol. The predicted molar refractivity (Wildman–Crippen MR) is 164 cm³/mol. The molecule has 0 amide bonds. The lowest BCUT2D eigenvalue weighted by Crippen LogP contribution is -2.40. The van der Waals surface area contributed by atoms with E-state index in [4.69, 9.17) is 18.9 Å². The van der Waals surface area contributed by atoms with Gasteiger partial charge in [-0.05, 0) is 61.5 Å². The Balaban J connectivity index is 1.51. The van der Waals surface area contributed by atoms with Gasteiger partial charge in [0, 0.05) is 24.0 Å². The van der Waals surface area contributed by atoms with E-state index in [0.29, 0.717) is 43.4 Å². The molecule has 11 heteroatoms. The van der Waals surface area contributed by atoms with E-state index in [9.17, 15) is 9.59 Å². The number of hydrogen-bond acceptors (Lipinski definition) is 10. The lowest BCUT2D eigenvalue weighted by molar-refractivity contribution is -0.138. The Morgan fingerprint density at radius 2 is 1.77 bits per heavy atom. The van der Waals surface area contributed by atoms with E-state index < -0.39 is 12.0 Å². The molecule has 0 saturated heterocycles. The number of aromatic nitrogens is 3. The van der Waals surface area contributed by atoms with Gasteiger partial charge in [0.05, 0.1) is 35.1 Å². The summed E-state index contributed by atoms with van der Waals surface area (Å²) in [6.45, 7) is 4.36. The molecule has 0 bridgehead atoms. The van der Waals surface area contributed by atoms with Gasteiger partial charge in [0.15, 0.2) is 15.1 Å². The highest BCUT2D eigenvalue weighted by atomic mass is 32.2. The first-order valence-corrected chi connectivity index (χ1v) is 15.2. The fourth-order valence-corrected chi connectivity index (χ4v) is 6.35.